The number of aromatic nitrogens is 1. The van der Waals surface area contributed by atoms with E-state index in [1.807, 2.05) is 12.1 Å². The average molecular weight is 380 g/mol. The second-order valence-electron chi connectivity index (χ2n) is 8.26. The first-order chi connectivity index (χ1) is 13.6. The summed E-state index contributed by atoms with van der Waals surface area (Å²) in [6.07, 6.45) is 10.2. The second kappa shape index (κ2) is 6.72. The van der Waals surface area contributed by atoms with Gasteiger partial charge in [-0.25, -0.2) is 4.98 Å². The van der Waals surface area contributed by atoms with Crippen LogP contribution < -0.4 is 10.2 Å². The summed E-state index contributed by atoms with van der Waals surface area (Å²) in [5.41, 5.74) is 0.576. The molecule has 1 N–H and O–H groups in total. The number of imide groups is 1. The molecule has 2 saturated heterocycles. The molecule has 1 saturated carbocycles. The monoisotopic (exact) mass is 380 g/mol. The van der Waals surface area contributed by atoms with E-state index in [4.69, 9.17) is 0 Å². The Labute approximate surface area is 163 Å². The molecule has 7 nitrogen and oxygen atoms in total. The van der Waals surface area contributed by atoms with Gasteiger partial charge in [0.15, 0.2) is 0 Å². The highest BCUT2D eigenvalue weighted by molar-refractivity contribution is 6.09. The maximum atomic E-state index is 12.7. The SMILES string of the molecule is O=C(CN1C(=O)C2C3C=CC(C3)C2C1=O)Nc1ccc(N2CCCCC2)nc1. The van der Waals surface area contributed by atoms with Crippen molar-refractivity contribution < 1.29 is 14.4 Å². The van der Waals surface area contributed by atoms with E-state index in [1.54, 1.807) is 6.20 Å². The molecular formula is C21H24N4O3. The molecule has 7 heteroatoms. The maximum absolute atomic E-state index is 12.7. The smallest absolute Gasteiger partial charge is 0.244 e. The predicted molar refractivity (Wildman–Crippen MR) is 103 cm³/mol. The van der Waals surface area contributed by atoms with Crippen LogP contribution in [0.1, 0.15) is 25.7 Å². The van der Waals surface area contributed by atoms with Gasteiger partial charge >= 0.3 is 0 Å². The molecule has 0 aromatic carbocycles. The first-order valence-electron chi connectivity index (χ1n) is 10.2. The quantitative estimate of drug-likeness (QED) is 0.636. The lowest BCUT2D eigenvalue weighted by Crippen LogP contribution is -2.39. The molecule has 2 bridgehead atoms. The van der Waals surface area contributed by atoms with E-state index in [-0.39, 0.29) is 47.9 Å². The van der Waals surface area contributed by atoms with Crippen LogP contribution >= 0.6 is 0 Å². The molecule has 28 heavy (non-hydrogen) atoms. The number of allylic oxidation sites excluding steroid dienone is 2. The molecule has 4 unspecified atom stereocenters. The van der Waals surface area contributed by atoms with Crippen molar-refractivity contribution in [2.75, 3.05) is 29.9 Å². The zero-order chi connectivity index (χ0) is 19.3. The zero-order valence-corrected chi connectivity index (χ0v) is 15.7. The van der Waals surface area contributed by atoms with Crippen molar-refractivity contribution in [1.82, 2.24) is 9.88 Å². The van der Waals surface area contributed by atoms with E-state index in [0.717, 1.165) is 30.2 Å². The summed E-state index contributed by atoms with van der Waals surface area (Å²) in [6, 6.07) is 3.72. The Bertz CT molecular complexity index is 814. The number of piperidine rings is 1. The molecule has 3 heterocycles. The molecule has 5 rings (SSSR count). The number of likely N-dealkylation sites (tertiary alicyclic amines) is 1. The van der Waals surface area contributed by atoms with Crippen molar-refractivity contribution in [3.63, 3.8) is 0 Å². The third-order valence-corrected chi connectivity index (χ3v) is 6.58. The minimum absolute atomic E-state index is 0.158. The van der Waals surface area contributed by atoms with E-state index in [2.05, 4.69) is 27.4 Å². The first-order valence-corrected chi connectivity index (χ1v) is 10.2. The summed E-state index contributed by atoms with van der Waals surface area (Å²) < 4.78 is 0. The van der Waals surface area contributed by atoms with Gasteiger partial charge in [-0.05, 0) is 49.7 Å². The van der Waals surface area contributed by atoms with Crippen molar-refractivity contribution in [3.05, 3.63) is 30.5 Å². The highest BCUT2D eigenvalue weighted by atomic mass is 16.2. The van der Waals surface area contributed by atoms with Gasteiger partial charge in [0.1, 0.15) is 12.4 Å². The van der Waals surface area contributed by atoms with Crippen molar-refractivity contribution in [2.24, 2.45) is 23.7 Å². The van der Waals surface area contributed by atoms with Crippen molar-refractivity contribution in [1.29, 1.82) is 0 Å². The Morgan fingerprint density at radius 3 is 2.32 bits per heavy atom. The van der Waals surface area contributed by atoms with Crippen molar-refractivity contribution in [3.8, 4) is 0 Å². The molecular weight excluding hydrogens is 356 g/mol. The molecule has 4 aliphatic rings. The van der Waals surface area contributed by atoms with E-state index in [0.29, 0.717) is 5.69 Å². The van der Waals surface area contributed by atoms with E-state index < -0.39 is 0 Å². The number of fused-ring (bicyclic) bond motifs is 5. The summed E-state index contributed by atoms with van der Waals surface area (Å²) in [4.78, 5) is 45.6. The van der Waals surface area contributed by atoms with E-state index in [9.17, 15) is 14.4 Å². The Balaban J connectivity index is 1.21. The molecule has 1 aromatic heterocycles. The number of hydrogen-bond donors (Lipinski definition) is 1. The second-order valence-corrected chi connectivity index (χ2v) is 8.26. The van der Waals surface area contributed by atoms with Crippen LogP contribution in [0.5, 0.6) is 0 Å². The molecule has 0 spiro atoms. The summed E-state index contributed by atoms with van der Waals surface area (Å²) in [5, 5.41) is 2.76. The lowest BCUT2D eigenvalue weighted by Gasteiger charge is -2.27. The number of rotatable bonds is 4. The first kappa shape index (κ1) is 17.4. The van der Waals surface area contributed by atoms with Gasteiger partial charge in [-0.2, -0.15) is 0 Å². The number of nitrogens with zero attached hydrogens (tertiary/aromatic N) is 3. The average Bonchev–Trinajstić information content (AvgIpc) is 3.39. The van der Waals surface area contributed by atoms with Crippen LogP contribution in [0, 0.1) is 23.7 Å². The number of pyridine rings is 1. The third-order valence-electron chi connectivity index (χ3n) is 6.58. The molecule has 2 aliphatic heterocycles. The van der Waals surface area contributed by atoms with Crippen LogP contribution in [0.25, 0.3) is 0 Å². The van der Waals surface area contributed by atoms with Crippen LogP contribution in [0.2, 0.25) is 0 Å². The van der Waals surface area contributed by atoms with Crippen molar-refractivity contribution >= 4 is 29.2 Å². The number of amides is 3. The molecule has 3 amide bonds. The standard InChI is InChI=1S/C21H24N4O3/c26-17(23-15-6-7-16(22-11-15)24-8-2-1-3-9-24)12-25-20(27)18-13-4-5-14(10-13)19(18)21(25)28/h4-7,11,13-14,18-19H,1-3,8-10,12H2,(H,23,26). The third kappa shape index (κ3) is 2.80. The topological polar surface area (TPSA) is 82.6 Å². The lowest BCUT2D eigenvalue weighted by molar-refractivity contribution is -0.143. The summed E-state index contributed by atoms with van der Waals surface area (Å²) in [7, 11) is 0. The fourth-order valence-electron chi connectivity index (χ4n) is 5.23. The fraction of sp³-hybridized carbons (Fsp3) is 0.524. The normalized spacial score (nSPS) is 30.9. The lowest BCUT2D eigenvalue weighted by atomic mass is 9.85. The number of carbonyl (C=O) groups excluding carboxylic acids is 3. The number of nitrogens with one attached hydrogen (secondary N) is 1. The zero-order valence-electron chi connectivity index (χ0n) is 15.7. The van der Waals surface area contributed by atoms with Gasteiger partial charge in [-0.1, -0.05) is 12.2 Å². The maximum Gasteiger partial charge on any atom is 0.244 e. The van der Waals surface area contributed by atoms with Gasteiger partial charge in [0.2, 0.25) is 17.7 Å². The van der Waals surface area contributed by atoms with Crippen LogP contribution in [0.15, 0.2) is 30.5 Å². The Kier molecular flexibility index (Phi) is 4.18. The van der Waals surface area contributed by atoms with Crippen LogP contribution in [0.3, 0.4) is 0 Å². The highest BCUT2D eigenvalue weighted by Crippen LogP contribution is 2.52. The molecule has 3 fully saturated rings. The molecule has 1 aromatic rings. The van der Waals surface area contributed by atoms with E-state index in [1.165, 1.54) is 19.3 Å². The van der Waals surface area contributed by atoms with E-state index >= 15 is 0 Å². The highest BCUT2D eigenvalue weighted by Gasteiger charge is 2.59. The summed E-state index contributed by atoms with van der Waals surface area (Å²) in [5.74, 6) is -0.0484. The molecule has 146 valence electrons. The molecule has 4 atom stereocenters. The Morgan fingerprint density at radius 2 is 1.71 bits per heavy atom. The summed E-state index contributed by atoms with van der Waals surface area (Å²) >= 11 is 0. The summed E-state index contributed by atoms with van der Waals surface area (Å²) in [6.45, 7) is 1.80. The predicted octanol–water partition coefficient (Wildman–Crippen LogP) is 1.82. The van der Waals surface area contributed by atoms with Gasteiger partial charge in [-0.15, -0.1) is 0 Å². The largest absolute Gasteiger partial charge is 0.357 e. The van der Waals surface area contributed by atoms with Gasteiger partial charge in [0, 0.05) is 13.1 Å². The van der Waals surface area contributed by atoms with Gasteiger partial charge in [0.25, 0.3) is 0 Å². The number of carbonyl (C=O) groups is 3. The minimum atomic E-state index is -0.366. The van der Waals surface area contributed by atoms with Crippen LogP contribution in [-0.2, 0) is 14.4 Å². The fourth-order valence-corrected chi connectivity index (χ4v) is 5.23. The van der Waals surface area contributed by atoms with Crippen molar-refractivity contribution in [2.45, 2.75) is 25.7 Å². The van der Waals surface area contributed by atoms with Gasteiger partial charge in [0.05, 0.1) is 23.7 Å². The van der Waals surface area contributed by atoms with Crippen LogP contribution in [-0.4, -0.2) is 47.2 Å². The van der Waals surface area contributed by atoms with Gasteiger partial charge in [-0.3, -0.25) is 19.3 Å². The number of anilines is 2. The Morgan fingerprint density at radius 1 is 1.04 bits per heavy atom. The molecule has 2 aliphatic carbocycles. The molecule has 0 radical (unpaired) electrons. The minimum Gasteiger partial charge on any atom is -0.357 e. The van der Waals surface area contributed by atoms with Gasteiger partial charge < -0.3 is 10.2 Å². The van der Waals surface area contributed by atoms with Crippen LogP contribution in [0.4, 0.5) is 11.5 Å². The Hall–Kier alpha value is -2.70. The number of hydrogen-bond acceptors (Lipinski definition) is 5.